The van der Waals surface area contributed by atoms with Gasteiger partial charge >= 0.3 is 0 Å². The zero-order valence-electron chi connectivity index (χ0n) is 19.2. The molecule has 0 radical (unpaired) electrons. The summed E-state index contributed by atoms with van der Waals surface area (Å²) in [6.07, 6.45) is 9.74. The third-order valence-electron chi connectivity index (χ3n) is 6.04. The Hall–Kier alpha value is -4.17. The molecule has 1 aliphatic heterocycles. The molecule has 0 saturated heterocycles. The van der Waals surface area contributed by atoms with Crippen LogP contribution >= 0.6 is 0 Å². The summed E-state index contributed by atoms with van der Waals surface area (Å²) in [5.41, 5.74) is 8.71. The summed E-state index contributed by atoms with van der Waals surface area (Å²) in [6.45, 7) is 2.84. The molecule has 0 fully saturated rings. The number of pyridine rings is 2. The van der Waals surface area contributed by atoms with Gasteiger partial charge in [-0.15, -0.1) is 0 Å². The SMILES string of the molecule is CC1=CC(c2cccc3[nH]c(-c4[nH]nc5ncc(-c6cncc(CN(C)C)c6)cc45)nc23)C=N1. The third kappa shape index (κ3) is 3.58. The summed E-state index contributed by atoms with van der Waals surface area (Å²) in [4.78, 5) is 24.0. The van der Waals surface area contributed by atoms with Gasteiger partial charge in [0.25, 0.3) is 0 Å². The largest absolute Gasteiger partial charge is 0.337 e. The van der Waals surface area contributed by atoms with Crippen LogP contribution in [0.25, 0.3) is 44.7 Å². The molecule has 5 heterocycles. The van der Waals surface area contributed by atoms with Gasteiger partial charge < -0.3 is 9.88 Å². The molecular weight excluding hydrogens is 424 g/mol. The van der Waals surface area contributed by atoms with E-state index >= 15 is 0 Å². The fraction of sp³-hybridized carbons (Fsp3) is 0.192. The predicted octanol–water partition coefficient (Wildman–Crippen LogP) is 4.70. The van der Waals surface area contributed by atoms with Gasteiger partial charge in [0.2, 0.25) is 0 Å². The van der Waals surface area contributed by atoms with E-state index < -0.39 is 0 Å². The zero-order chi connectivity index (χ0) is 23.2. The molecule has 8 heteroatoms. The standard InChI is InChI=1S/C26H24N8/c1-15-7-19(13-28-15)20-5-4-6-22-23(20)31-26(30-22)24-21-9-18(12-29-25(21)33-32-24)17-8-16(10-27-11-17)14-34(2)3/h4-13,19H,14H2,1-3H3,(H,30,31)(H,29,32,33). The second kappa shape index (κ2) is 8.00. The molecule has 0 bridgehead atoms. The molecule has 1 aromatic carbocycles. The lowest BCUT2D eigenvalue weighted by molar-refractivity contribution is 0.402. The number of hydrogen-bond donors (Lipinski definition) is 2. The summed E-state index contributed by atoms with van der Waals surface area (Å²) in [6, 6.07) is 10.5. The van der Waals surface area contributed by atoms with Crippen LogP contribution in [0.15, 0.2) is 65.7 Å². The Morgan fingerprint density at radius 2 is 1.94 bits per heavy atom. The molecule has 0 saturated carbocycles. The van der Waals surface area contributed by atoms with E-state index in [0.29, 0.717) is 5.65 Å². The fourth-order valence-electron chi connectivity index (χ4n) is 4.49. The molecule has 1 unspecified atom stereocenters. The van der Waals surface area contributed by atoms with Gasteiger partial charge in [-0.1, -0.05) is 18.2 Å². The maximum Gasteiger partial charge on any atom is 0.181 e. The Kier molecular flexibility index (Phi) is 4.81. The molecule has 0 amide bonds. The first-order valence-electron chi connectivity index (χ1n) is 11.2. The summed E-state index contributed by atoms with van der Waals surface area (Å²) in [7, 11) is 4.10. The van der Waals surface area contributed by atoms with Gasteiger partial charge in [0.15, 0.2) is 11.5 Å². The highest BCUT2D eigenvalue weighted by Crippen LogP contribution is 2.32. The number of nitrogens with zero attached hydrogens (tertiary/aromatic N) is 6. The highest BCUT2D eigenvalue weighted by atomic mass is 15.2. The van der Waals surface area contributed by atoms with Crippen LogP contribution < -0.4 is 0 Å². The molecule has 34 heavy (non-hydrogen) atoms. The van der Waals surface area contributed by atoms with E-state index in [-0.39, 0.29) is 5.92 Å². The Bertz CT molecular complexity index is 1590. The number of para-hydroxylation sites is 1. The predicted molar refractivity (Wildman–Crippen MR) is 135 cm³/mol. The van der Waals surface area contributed by atoms with Gasteiger partial charge in [0, 0.05) is 54.1 Å². The molecule has 1 atom stereocenters. The first kappa shape index (κ1) is 20.4. The van der Waals surface area contributed by atoms with Crippen molar-refractivity contribution in [1.82, 2.24) is 35.0 Å². The average Bonchev–Trinajstić information content (AvgIpc) is 3.55. The van der Waals surface area contributed by atoms with Crippen molar-refractivity contribution in [3.8, 4) is 22.6 Å². The molecule has 6 rings (SSSR count). The van der Waals surface area contributed by atoms with E-state index in [4.69, 9.17) is 4.98 Å². The van der Waals surface area contributed by atoms with E-state index in [0.717, 1.165) is 62.4 Å². The van der Waals surface area contributed by atoms with Crippen LogP contribution in [0.3, 0.4) is 0 Å². The van der Waals surface area contributed by atoms with Crippen LogP contribution in [0.4, 0.5) is 0 Å². The minimum atomic E-state index is 0.133. The van der Waals surface area contributed by atoms with Crippen molar-refractivity contribution in [2.24, 2.45) is 4.99 Å². The molecule has 0 aliphatic carbocycles. The lowest BCUT2D eigenvalue weighted by Gasteiger charge is -2.10. The Labute approximate surface area is 196 Å². The quantitative estimate of drug-likeness (QED) is 0.406. The fourth-order valence-corrected chi connectivity index (χ4v) is 4.49. The van der Waals surface area contributed by atoms with Crippen LogP contribution in [0, 0.1) is 0 Å². The normalized spacial score (nSPS) is 15.6. The molecule has 0 spiro atoms. The van der Waals surface area contributed by atoms with E-state index in [1.807, 2.05) is 58.0 Å². The first-order valence-corrected chi connectivity index (χ1v) is 11.2. The number of aromatic amines is 2. The Morgan fingerprint density at radius 3 is 2.76 bits per heavy atom. The number of hydrogen-bond acceptors (Lipinski definition) is 6. The van der Waals surface area contributed by atoms with Crippen molar-refractivity contribution < 1.29 is 0 Å². The second-order valence-electron chi connectivity index (χ2n) is 8.95. The van der Waals surface area contributed by atoms with Crippen LogP contribution in [0.2, 0.25) is 0 Å². The maximum absolute atomic E-state index is 4.96. The van der Waals surface area contributed by atoms with Gasteiger partial charge in [-0.2, -0.15) is 5.10 Å². The van der Waals surface area contributed by atoms with Crippen molar-refractivity contribution in [3.05, 3.63) is 71.8 Å². The summed E-state index contributed by atoms with van der Waals surface area (Å²) in [5.74, 6) is 0.868. The number of allylic oxidation sites excluding steroid dienone is 2. The smallest absolute Gasteiger partial charge is 0.181 e. The van der Waals surface area contributed by atoms with Gasteiger partial charge in [-0.25, -0.2) is 9.97 Å². The molecule has 8 nitrogen and oxygen atoms in total. The van der Waals surface area contributed by atoms with Crippen LogP contribution in [-0.2, 0) is 6.54 Å². The monoisotopic (exact) mass is 448 g/mol. The number of aromatic nitrogens is 6. The van der Waals surface area contributed by atoms with E-state index in [1.165, 1.54) is 0 Å². The van der Waals surface area contributed by atoms with Crippen molar-refractivity contribution in [2.75, 3.05) is 14.1 Å². The number of imidazole rings is 1. The van der Waals surface area contributed by atoms with Crippen LogP contribution in [0.1, 0.15) is 24.0 Å². The first-order chi connectivity index (χ1) is 16.5. The molecular formula is C26H24N8. The number of benzene rings is 1. The Balaban J connectivity index is 1.43. The van der Waals surface area contributed by atoms with Gasteiger partial charge in [0.1, 0.15) is 5.69 Å². The minimum Gasteiger partial charge on any atom is -0.337 e. The molecule has 168 valence electrons. The maximum atomic E-state index is 4.96. The summed E-state index contributed by atoms with van der Waals surface area (Å²) in [5, 5.41) is 8.47. The van der Waals surface area contributed by atoms with Crippen molar-refractivity contribution in [1.29, 1.82) is 0 Å². The van der Waals surface area contributed by atoms with Crippen molar-refractivity contribution in [2.45, 2.75) is 19.4 Å². The van der Waals surface area contributed by atoms with Gasteiger partial charge in [-0.05, 0) is 50.3 Å². The van der Waals surface area contributed by atoms with Crippen molar-refractivity contribution >= 4 is 28.3 Å². The average molecular weight is 449 g/mol. The minimum absolute atomic E-state index is 0.133. The van der Waals surface area contributed by atoms with E-state index in [2.05, 4.69) is 59.3 Å². The van der Waals surface area contributed by atoms with Crippen LogP contribution in [-0.4, -0.2) is 55.3 Å². The van der Waals surface area contributed by atoms with E-state index in [1.54, 1.807) is 0 Å². The van der Waals surface area contributed by atoms with E-state index in [9.17, 15) is 0 Å². The van der Waals surface area contributed by atoms with Crippen molar-refractivity contribution in [3.63, 3.8) is 0 Å². The number of aliphatic imine (C=N–C) groups is 1. The lowest BCUT2D eigenvalue weighted by Crippen LogP contribution is -2.10. The second-order valence-corrected chi connectivity index (χ2v) is 8.95. The molecule has 4 aromatic heterocycles. The zero-order valence-corrected chi connectivity index (χ0v) is 19.2. The molecule has 2 N–H and O–H groups in total. The number of rotatable bonds is 5. The number of fused-ring (bicyclic) bond motifs is 2. The Morgan fingerprint density at radius 1 is 1.06 bits per heavy atom. The highest BCUT2D eigenvalue weighted by molar-refractivity contribution is 5.94. The topological polar surface area (TPSA) is 98.7 Å². The lowest BCUT2D eigenvalue weighted by atomic mass is 9.99. The summed E-state index contributed by atoms with van der Waals surface area (Å²) >= 11 is 0. The third-order valence-corrected chi connectivity index (χ3v) is 6.04. The number of nitrogens with one attached hydrogen (secondary N) is 2. The van der Waals surface area contributed by atoms with Crippen LogP contribution in [0.5, 0.6) is 0 Å². The summed E-state index contributed by atoms with van der Waals surface area (Å²) < 4.78 is 0. The van der Waals surface area contributed by atoms with Gasteiger partial charge in [-0.3, -0.25) is 15.1 Å². The molecule has 1 aliphatic rings. The highest BCUT2D eigenvalue weighted by Gasteiger charge is 2.19. The number of H-pyrrole nitrogens is 2. The van der Waals surface area contributed by atoms with Gasteiger partial charge in [0.05, 0.1) is 16.4 Å². The molecule has 5 aromatic rings.